The summed E-state index contributed by atoms with van der Waals surface area (Å²) in [6.45, 7) is 1.46. The zero-order valence-electron chi connectivity index (χ0n) is 11.4. The van der Waals surface area contributed by atoms with Crippen LogP contribution in [-0.4, -0.2) is 50.5 Å². The summed E-state index contributed by atoms with van der Waals surface area (Å²) < 4.78 is 23.4. The first kappa shape index (κ1) is 14.3. The number of likely N-dealkylation sites (N-methyl/N-ethyl adjacent to an activating group) is 1. The summed E-state index contributed by atoms with van der Waals surface area (Å²) in [7, 11) is -0.816. The second-order valence-electron chi connectivity index (χ2n) is 6.16. The van der Waals surface area contributed by atoms with Crippen LogP contribution in [-0.2, 0) is 9.84 Å². The van der Waals surface area contributed by atoms with Gasteiger partial charge in [-0.2, -0.15) is 0 Å². The summed E-state index contributed by atoms with van der Waals surface area (Å²) in [5.41, 5.74) is 5.59. The molecular weight excluding hydrogens is 248 g/mol. The number of nitrogens with two attached hydrogens (primary N) is 1. The van der Waals surface area contributed by atoms with E-state index >= 15 is 0 Å². The Labute approximate surface area is 111 Å². The van der Waals surface area contributed by atoms with Gasteiger partial charge >= 0.3 is 0 Å². The first-order chi connectivity index (χ1) is 8.47. The minimum Gasteiger partial charge on any atom is -0.329 e. The SMILES string of the molecule is CN(CC1CCCCC1)C1(CN)CCS(=O)(=O)C1. The van der Waals surface area contributed by atoms with Crippen LogP contribution >= 0.6 is 0 Å². The van der Waals surface area contributed by atoms with E-state index in [0.29, 0.717) is 18.7 Å². The molecule has 4 nitrogen and oxygen atoms in total. The van der Waals surface area contributed by atoms with Crippen molar-refractivity contribution >= 4 is 9.84 Å². The van der Waals surface area contributed by atoms with Crippen LogP contribution in [0.5, 0.6) is 0 Å². The Morgan fingerprint density at radius 3 is 2.44 bits per heavy atom. The molecule has 1 atom stereocenters. The van der Waals surface area contributed by atoms with Gasteiger partial charge in [-0.15, -0.1) is 0 Å². The molecule has 0 aromatic heterocycles. The molecule has 2 rings (SSSR count). The third-order valence-corrected chi connectivity index (χ3v) is 6.62. The van der Waals surface area contributed by atoms with Crippen molar-refractivity contribution in [2.75, 3.05) is 31.6 Å². The molecule has 1 aliphatic carbocycles. The standard InChI is InChI=1S/C13H26N2O2S/c1-15(9-12-5-3-2-4-6-12)13(10-14)7-8-18(16,17)11-13/h12H,2-11,14H2,1H3. The lowest BCUT2D eigenvalue weighted by Gasteiger charge is -2.39. The van der Waals surface area contributed by atoms with Crippen LogP contribution in [0.4, 0.5) is 0 Å². The smallest absolute Gasteiger partial charge is 0.152 e. The molecule has 0 bridgehead atoms. The first-order valence-electron chi connectivity index (χ1n) is 7.09. The Hall–Kier alpha value is -0.130. The summed E-state index contributed by atoms with van der Waals surface area (Å²) in [5.74, 6) is 1.29. The quantitative estimate of drug-likeness (QED) is 0.831. The number of hydrogen-bond acceptors (Lipinski definition) is 4. The minimum atomic E-state index is -2.87. The Bertz CT molecular complexity index is 376. The minimum absolute atomic E-state index is 0.250. The lowest BCUT2D eigenvalue weighted by atomic mass is 9.87. The van der Waals surface area contributed by atoms with Crippen molar-refractivity contribution < 1.29 is 8.42 Å². The van der Waals surface area contributed by atoms with E-state index in [0.717, 1.165) is 12.5 Å². The monoisotopic (exact) mass is 274 g/mol. The molecule has 1 unspecified atom stereocenters. The van der Waals surface area contributed by atoms with Gasteiger partial charge in [-0.05, 0) is 32.2 Å². The molecule has 2 N–H and O–H groups in total. The van der Waals surface area contributed by atoms with E-state index in [9.17, 15) is 8.42 Å². The molecular formula is C13H26N2O2S. The molecule has 1 heterocycles. The molecule has 0 radical (unpaired) electrons. The Morgan fingerprint density at radius 1 is 1.28 bits per heavy atom. The molecule has 18 heavy (non-hydrogen) atoms. The highest BCUT2D eigenvalue weighted by atomic mass is 32.2. The van der Waals surface area contributed by atoms with Gasteiger partial charge in [0.1, 0.15) is 0 Å². The van der Waals surface area contributed by atoms with E-state index in [-0.39, 0.29) is 11.3 Å². The normalized spacial score (nSPS) is 33.1. The zero-order chi connectivity index (χ0) is 13.2. The van der Waals surface area contributed by atoms with Crippen molar-refractivity contribution in [1.82, 2.24) is 4.90 Å². The maximum Gasteiger partial charge on any atom is 0.152 e. The Kier molecular flexibility index (Phi) is 4.34. The number of rotatable bonds is 4. The fourth-order valence-electron chi connectivity index (χ4n) is 3.47. The first-order valence-corrected chi connectivity index (χ1v) is 8.91. The van der Waals surface area contributed by atoms with Gasteiger partial charge in [-0.3, -0.25) is 4.90 Å². The molecule has 0 amide bonds. The second kappa shape index (κ2) is 5.47. The predicted octanol–water partition coefficient (Wildman–Crippen LogP) is 1.01. The van der Waals surface area contributed by atoms with Crippen LogP contribution in [0.15, 0.2) is 0 Å². The van der Waals surface area contributed by atoms with Crippen LogP contribution in [0.2, 0.25) is 0 Å². The van der Waals surface area contributed by atoms with E-state index in [4.69, 9.17) is 5.73 Å². The van der Waals surface area contributed by atoms with Crippen LogP contribution < -0.4 is 5.73 Å². The van der Waals surface area contributed by atoms with Crippen molar-refractivity contribution in [3.8, 4) is 0 Å². The molecule has 0 aromatic rings. The predicted molar refractivity (Wildman–Crippen MR) is 74.3 cm³/mol. The van der Waals surface area contributed by atoms with E-state index in [1.165, 1.54) is 32.1 Å². The highest BCUT2D eigenvalue weighted by molar-refractivity contribution is 7.91. The van der Waals surface area contributed by atoms with Gasteiger partial charge in [0, 0.05) is 18.6 Å². The van der Waals surface area contributed by atoms with Gasteiger partial charge in [-0.1, -0.05) is 19.3 Å². The molecule has 1 saturated heterocycles. The number of sulfone groups is 1. The highest BCUT2D eigenvalue weighted by Gasteiger charge is 2.44. The van der Waals surface area contributed by atoms with Crippen molar-refractivity contribution in [2.45, 2.75) is 44.1 Å². The Balaban J connectivity index is 1.99. The molecule has 1 saturated carbocycles. The largest absolute Gasteiger partial charge is 0.329 e. The molecule has 1 aliphatic heterocycles. The number of nitrogens with zero attached hydrogens (tertiary/aromatic N) is 1. The molecule has 5 heteroatoms. The van der Waals surface area contributed by atoms with Gasteiger partial charge in [0.25, 0.3) is 0 Å². The van der Waals surface area contributed by atoms with Gasteiger partial charge in [0.15, 0.2) is 9.84 Å². The third-order valence-electron chi connectivity index (χ3n) is 4.81. The summed E-state index contributed by atoms with van der Waals surface area (Å²) >= 11 is 0. The van der Waals surface area contributed by atoms with Crippen molar-refractivity contribution in [1.29, 1.82) is 0 Å². The highest BCUT2D eigenvalue weighted by Crippen LogP contribution is 2.31. The van der Waals surface area contributed by atoms with E-state index in [1.807, 2.05) is 0 Å². The Morgan fingerprint density at radius 2 is 1.94 bits per heavy atom. The van der Waals surface area contributed by atoms with E-state index in [1.54, 1.807) is 0 Å². The van der Waals surface area contributed by atoms with Crippen LogP contribution in [0.25, 0.3) is 0 Å². The van der Waals surface area contributed by atoms with Crippen molar-refractivity contribution in [3.05, 3.63) is 0 Å². The van der Waals surface area contributed by atoms with Crippen LogP contribution in [0.1, 0.15) is 38.5 Å². The molecule has 106 valence electrons. The topological polar surface area (TPSA) is 63.4 Å². The summed E-state index contributed by atoms with van der Waals surface area (Å²) in [6.07, 6.45) is 7.29. The maximum atomic E-state index is 11.7. The summed E-state index contributed by atoms with van der Waals surface area (Å²) in [6, 6.07) is 0. The van der Waals surface area contributed by atoms with Crippen LogP contribution in [0.3, 0.4) is 0 Å². The lowest BCUT2D eigenvalue weighted by Crippen LogP contribution is -2.54. The van der Waals surface area contributed by atoms with Gasteiger partial charge in [0.2, 0.25) is 0 Å². The molecule has 0 aromatic carbocycles. The summed E-state index contributed by atoms with van der Waals surface area (Å²) in [4.78, 5) is 2.24. The summed E-state index contributed by atoms with van der Waals surface area (Å²) in [5, 5.41) is 0. The molecule has 2 fully saturated rings. The average Bonchev–Trinajstić information content (AvgIpc) is 2.68. The van der Waals surface area contributed by atoms with E-state index < -0.39 is 9.84 Å². The maximum absolute atomic E-state index is 11.7. The lowest BCUT2D eigenvalue weighted by molar-refractivity contribution is 0.116. The van der Waals surface area contributed by atoms with Crippen molar-refractivity contribution in [2.24, 2.45) is 11.7 Å². The zero-order valence-corrected chi connectivity index (χ0v) is 12.2. The van der Waals surface area contributed by atoms with Gasteiger partial charge < -0.3 is 5.73 Å². The van der Waals surface area contributed by atoms with Gasteiger partial charge in [0.05, 0.1) is 11.5 Å². The molecule has 0 spiro atoms. The third kappa shape index (κ3) is 3.06. The second-order valence-corrected chi connectivity index (χ2v) is 8.34. The number of hydrogen-bond donors (Lipinski definition) is 1. The average molecular weight is 274 g/mol. The van der Waals surface area contributed by atoms with Crippen molar-refractivity contribution in [3.63, 3.8) is 0 Å². The van der Waals surface area contributed by atoms with Crippen LogP contribution in [0, 0.1) is 5.92 Å². The van der Waals surface area contributed by atoms with E-state index in [2.05, 4.69) is 11.9 Å². The molecule has 2 aliphatic rings. The fraction of sp³-hybridized carbons (Fsp3) is 1.00. The van der Waals surface area contributed by atoms with Gasteiger partial charge in [-0.25, -0.2) is 8.42 Å². The fourth-order valence-corrected chi connectivity index (χ4v) is 5.60.